The molecule has 1 amide bonds. The number of ether oxygens (including phenoxy) is 1. The molecule has 0 aliphatic heterocycles. The van der Waals surface area contributed by atoms with Gasteiger partial charge >= 0.3 is 0 Å². The van der Waals surface area contributed by atoms with Gasteiger partial charge in [-0.3, -0.25) is 4.79 Å². The first kappa shape index (κ1) is 15.3. The van der Waals surface area contributed by atoms with Crippen LogP contribution in [0.3, 0.4) is 0 Å². The molecule has 0 heterocycles. The molecule has 0 bridgehead atoms. The van der Waals surface area contributed by atoms with Crippen molar-refractivity contribution in [1.82, 2.24) is 5.32 Å². The molecule has 0 aliphatic rings. The van der Waals surface area contributed by atoms with Crippen molar-refractivity contribution in [2.75, 3.05) is 19.8 Å². The van der Waals surface area contributed by atoms with Crippen molar-refractivity contribution in [3.05, 3.63) is 40.9 Å². The summed E-state index contributed by atoms with van der Waals surface area (Å²) < 4.78 is 6.20. The number of thiol groups is 1. The molecule has 3 nitrogen and oxygen atoms in total. The average molecular weight is 330 g/mol. The highest BCUT2D eigenvalue weighted by molar-refractivity contribution is 9.10. The second-order valence-corrected chi connectivity index (χ2v) is 5.00. The van der Waals surface area contributed by atoms with Gasteiger partial charge in [-0.1, -0.05) is 22.0 Å². The Morgan fingerprint density at radius 1 is 1.50 bits per heavy atom. The quantitative estimate of drug-likeness (QED) is 0.458. The van der Waals surface area contributed by atoms with E-state index in [0.717, 1.165) is 10.9 Å². The van der Waals surface area contributed by atoms with Crippen LogP contribution in [0.25, 0.3) is 0 Å². The first-order valence-corrected chi connectivity index (χ1v) is 6.84. The fraction of sp³-hybridized carbons (Fsp3) is 0.308. The van der Waals surface area contributed by atoms with Gasteiger partial charge in [-0.2, -0.15) is 0 Å². The Balaban J connectivity index is 2.34. The van der Waals surface area contributed by atoms with Gasteiger partial charge in [-0.25, -0.2) is 0 Å². The molecule has 98 valence electrons. The molecule has 0 saturated heterocycles. The topological polar surface area (TPSA) is 38.3 Å². The number of nitrogens with one attached hydrogen (secondary N) is 1. The van der Waals surface area contributed by atoms with E-state index in [1.54, 1.807) is 18.2 Å². The number of amides is 1. The lowest BCUT2D eigenvalue weighted by molar-refractivity contribution is 0.0915. The number of hydrogen-bond acceptors (Lipinski definition) is 3. The van der Waals surface area contributed by atoms with Gasteiger partial charge < -0.3 is 10.1 Å². The minimum absolute atomic E-state index is 0.139. The maximum Gasteiger partial charge on any atom is 0.252 e. The zero-order chi connectivity index (χ0) is 13.4. The molecule has 1 aromatic rings. The third-order valence-electron chi connectivity index (χ3n) is 2.20. The maximum absolute atomic E-state index is 11.8. The smallest absolute Gasteiger partial charge is 0.252 e. The Morgan fingerprint density at radius 2 is 2.28 bits per heavy atom. The van der Waals surface area contributed by atoms with Crippen molar-refractivity contribution >= 4 is 34.5 Å². The second-order valence-electron chi connectivity index (χ2n) is 3.61. The lowest BCUT2D eigenvalue weighted by Crippen LogP contribution is -2.27. The van der Waals surface area contributed by atoms with E-state index in [0.29, 0.717) is 30.2 Å². The minimum atomic E-state index is -0.139. The van der Waals surface area contributed by atoms with Crippen molar-refractivity contribution in [3.8, 4) is 0 Å². The molecule has 0 fully saturated rings. The van der Waals surface area contributed by atoms with Crippen LogP contribution in [0.5, 0.6) is 0 Å². The Labute approximate surface area is 121 Å². The number of carbonyl (C=O) groups is 1. The molecule has 0 atom stereocenters. The molecule has 0 unspecified atom stereocenters. The van der Waals surface area contributed by atoms with E-state index >= 15 is 0 Å². The number of benzene rings is 1. The van der Waals surface area contributed by atoms with Crippen LogP contribution in [0.15, 0.2) is 40.2 Å². The molecular formula is C13H16BrNO2S. The van der Waals surface area contributed by atoms with Crippen molar-refractivity contribution in [2.24, 2.45) is 0 Å². The predicted molar refractivity (Wildman–Crippen MR) is 79.4 cm³/mol. The van der Waals surface area contributed by atoms with Crippen molar-refractivity contribution in [1.29, 1.82) is 0 Å². The monoisotopic (exact) mass is 329 g/mol. The highest BCUT2D eigenvalue weighted by Crippen LogP contribution is 2.19. The summed E-state index contributed by atoms with van der Waals surface area (Å²) in [5, 5.41) is 2.78. The summed E-state index contributed by atoms with van der Waals surface area (Å²) in [7, 11) is 0. The van der Waals surface area contributed by atoms with E-state index in [2.05, 4.69) is 40.5 Å². The normalized spacial score (nSPS) is 10.1. The van der Waals surface area contributed by atoms with E-state index in [9.17, 15) is 4.79 Å². The Kier molecular flexibility index (Phi) is 7.08. The molecule has 0 spiro atoms. The van der Waals surface area contributed by atoms with Crippen LogP contribution in [0, 0.1) is 0 Å². The standard InChI is InChI=1S/C13H16BrNO2S/c1-2-3-7-17-8-6-15-13(16)11-5-4-10(14)9-12(11)18/h2,4-5,9,18H,1,3,6-8H2,(H,15,16). The number of rotatable bonds is 7. The van der Waals surface area contributed by atoms with E-state index < -0.39 is 0 Å². The van der Waals surface area contributed by atoms with Crippen molar-refractivity contribution in [2.45, 2.75) is 11.3 Å². The Hall–Kier alpha value is -0.780. The Morgan fingerprint density at radius 3 is 2.94 bits per heavy atom. The van der Waals surface area contributed by atoms with Gasteiger partial charge in [0.2, 0.25) is 0 Å². The number of hydrogen-bond donors (Lipinski definition) is 2. The van der Waals surface area contributed by atoms with Gasteiger partial charge in [0.15, 0.2) is 0 Å². The van der Waals surface area contributed by atoms with E-state index in [1.807, 2.05) is 6.07 Å². The SMILES string of the molecule is C=CCCOCCNC(=O)c1ccc(Br)cc1S. The highest BCUT2D eigenvalue weighted by Gasteiger charge is 2.08. The summed E-state index contributed by atoms with van der Waals surface area (Å²) in [6.07, 6.45) is 2.62. The molecular weight excluding hydrogens is 314 g/mol. The molecule has 1 aromatic carbocycles. The fourth-order valence-electron chi connectivity index (χ4n) is 1.30. The predicted octanol–water partition coefficient (Wildman–Crippen LogP) is 3.06. The fourth-order valence-corrected chi connectivity index (χ4v) is 2.15. The summed E-state index contributed by atoms with van der Waals surface area (Å²) in [6.45, 7) is 5.22. The summed E-state index contributed by atoms with van der Waals surface area (Å²) in [6, 6.07) is 5.34. The third-order valence-corrected chi connectivity index (χ3v) is 3.07. The van der Waals surface area contributed by atoms with E-state index in [4.69, 9.17) is 4.74 Å². The van der Waals surface area contributed by atoms with Crippen molar-refractivity contribution in [3.63, 3.8) is 0 Å². The van der Waals surface area contributed by atoms with Crippen LogP contribution in [-0.4, -0.2) is 25.7 Å². The lowest BCUT2D eigenvalue weighted by atomic mass is 10.2. The molecule has 0 saturated carbocycles. The van der Waals surface area contributed by atoms with Crippen LogP contribution < -0.4 is 5.32 Å². The molecule has 1 N–H and O–H groups in total. The van der Waals surface area contributed by atoms with Gasteiger partial charge in [0.1, 0.15) is 0 Å². The second kappa shape index (κ2) is 8.34. The van der Waals surface area contributed by atoms with Crippen LogP contribution in [0.4, 0.5) is 0 Å². The van der Waals surface area contributed by atoms with Crippen molar-refractivity contribution < 1.29 is 9.53 Å². The zero-order valence-electron chi connectivity index (χ0n) is 9.99. The van der Waals surface area contributed by atoms with Crippen LogP contribution in [-0.2, 0) is 4.74 Å². The maximum atomic E-state index is 11.8. The summed E-state index contributed by atoms with van der Waals surface area (Å²) in [5.41, 5.74) is 0.563. The van der Waals surface area contributed by atoms with Gasteiger partial charge in [-0.15, -0.1) is 19.2 Å². The first-order valence-electron chi connectivity index (χ1n) is 5.60. The van der Waals surface area contributed by atoms with E-state index in [1.165, 1.54) is 0 Å². The Bertz CT molecular complexity index is 423. The highest BCUT2D eigenvalue weighted by atomic mass is 79.9. The average Bonchev–Trinajstić information content (AvgIpc) is 2.33. The number of halogens is 1. The van der Waals surface area contributed by atoms with Crippen LogP contribution in [0.1, 0.15) is 16.8 Å². The third kappa shape index (κ3) is 5.25. The molecule has 0 radical (unpaired) electrons. The minimum Gasteiger partial charge on any atom is -0.379 e. The van der Waals surface area contributed by atoms with Crippen LogP contribution in [0.2, 0.25) is 0 Å². The molecule has 0 aliphatic carbocycles. The molecule has 18 heavy (non-hydrogen) atoms. The molecule has 1 rings (SSSR count). The van der Waals surface area contributed by atoms with Gasteiger partial charge in [0.25, 0.3) is 5.91 Å². The van der Waals surface area contributed by atoms with E-state index in [-0.39, 0.29) is 5.91 Å². The zero-order valence-corrected chi connectivity index (χ0v) is 12.5. The van der Waals surface area contributed by atoms with Crippen LogP contribution >= 0.6 is 28.6 Å². The molecule has 0 aromatic heterocycles. The summed E-state index contributed by atoms with van der Waals surface area (Å²) >= 11 is 7.59. The summed E-state index contributed by atoms with van der Waals surface area (Å²) in [4.78, 5) is 12.5. The van der Waals surface area contributed by atoms with Gasteiger partial charge in [0, 0.05) is 15.9 Å². The molecule has 5 heteroatoms. The number of carbonyl (C=O) groups excluding carboxylic acids is 1. The van der Waals surface area contributed by atoms with Gasteiger partial charge in [-0.05, 0) is 24.6 Å². The first-order chi connectivity index (χ1) is 8.65. The lowest BCUT2D eigenvalue weighted by Gasteiger charge is -2.07. The summed E-state index contributed by atoms with van der Waals surface area (Å²) in [5.74, 6) is -0.139. The largest absolute Gasteiger partial charge is 0.379 e. The van der Waals surface area contributed by atoms with Gasteiger partial charge in [0.05, 0.1) is 18.8 Å².